The molecule has 0 bridgehead atoms. The number of carbonyl (C=O) groups excluding carboxylic acids is 1. The molecule has 0 spiro atoms. The second-order valence-electron chi connectivity index (χ2n) is 5.68. The molecule has 0 aromatic heterocycles. The van der Waals surface area contributed by atoms with Gasteiger partial charge in [-0.1, -0.05) is 0 Å². The van der Waals surface area contributed by atoms with E-state index in [-0.39, 0.29) is 35.7 Å². The molecule has 130 valence electrons. The molecule has 1 amide bonds. The van der Waals surface area contributed by atoms with E-state index in [2.05, 4.69) is 0 Å². The number of benzene rings is 1. The lowest BCUT2D eigenvalue weighted by Crippen LogP contribution is -2.42. The van der Waals surface area contributed by atoms with Gasteiger partial charge in [-0.15, -0.1) is 12.4 Å². The van der Waals surface area contributed by atoms with E-state index in [4.69, 9.17) is 15.2 Å². The summed E-state index contributed by atoms with van der Waals surface area (Å²) < 4.78 is 24.3. The SMILES string of the molecule is COc1cc(F)c(C(=O)N2CCC(C(C)N)CC2)cc1OC.Cl. The lowest BCUT2D eigenvalue weighted by atomic mass is 9.90. The summed E-state index contributed by atoms with van der Waals surface area (Å²) in [6.07, 6.45) is 1.69. The summed E-state index contributed by atoms with van der Waals surface area (Å²) in [6.45, 7) is 3.17. The molecule has 0 radical (unpaired) electrons. The summed E-state index contributed by atoms with van der Waals surface area (Å²) in [6, 6.07) is 2.70. The van der Waals surface area contributed by atoms with Crippen molar-refractivity contribution in [3.63, 3.8) is 0 Å². The topological polar surface area (TPSA) is 64.8 Å². The van der Waals surface area contributed by atoms with Crippen molar-refractivity contribution in [1.29, 1.82) is 0 Å². The van der Waals surface area contributed by atoms with E-state index in [9.17, 15) is 9.18 Å². The fourth-order valence-corrected chi connectivity index (χ4v) is 2.82. The minimum absolute atomic E-state index is 0. The van der Waals surface area contributed by atoms with Crippen molar-refractivity contribution in [2.75, 3.05) is 27.3 Å². The third-order valence-electron chi connectivity index (χ3n) is 4.27. The number of nitrogens with two attached hydrogens (primary N) is 1. The zero-order valence-electron chi connectivity index (χ0n) is 13.7. The van der Waals surface area contributed by atoms with Gasteiger partial charge in [-0.3, -0.25) is 4.79 Å². The van der Waals surface area contributed by atoms with E-state index in [0.717, 1.165) is 12.8 Å². The summed E-state index contributed by atoms with van der Waals surface area (Å²) in [4.78, 5) is 14.2. The van der Waals surface area contributed by atoms with Gasteiger partial charge in [0, 0.05) is 25.2 Å². The molecular weight excluding hydrogens is 323 g/mol. The van der Waals surface area contributed by atoms with Crippen molar-refractivity contribution in [2.45, 2.75) is 25.8 Å². The molecule has 1 aromatic carbocycles. The molecular formula is C16H24ClFN2O3. The molecule has 1 aromatic rings. The third-order valence-corrected chi connectivity index (χ3v) is 4.27. The quantitative estimate of drug-likeness (QED) is 0.909. The van der Waals surface area contributed by atoms with Crippen molar-refractivity contribution in [2.24, 2.45) is 11.7 Å². The molecule has 0 saturated carbocycles. The normalized spacial score (nSPS) is 16.5. The Morgan fingerprint density at radius 1 is 1.26 bits per heavy atom. The highest BCUT2D eigenvalue weighted by atomic mass is 35.5. The Kier molecular flexibility index (Phi) is 7.09. The number of methoxy groups -OCH3 is 2. The van der Waals surface area contributed by atoms with Gasteiger partial charge in [0.1, 0.15) is 5.82 Å². The number of piperidine rings is 1. The molecule has 2 rings (SSSR count). The zero-order valence-corrected chi connectivity index (χ0v) is 14.5. The summed E-state index contributed by atoms with van der Waals surface area (Å²) in [5.74, 6) is 0.114. The van der Waals surface area contributed by atoms with E-state index >= 15 is 0 Å². The minimum Gasteiger partial charge on any atom is -0.493 e. The Bertz CT molecular complexity index is 546. The van der Waals surface area contributed by atoms with Crippen LogP contribution in [0.1, 0.15) is 30.1 Å². The van der Waals surface area contributed by atoms with Gasteiger partial charge >= 0.3 is 0 Å². The predicted molar refractivity (Wildman–Crippen MR) is 89.0 cm³/mol. The Morgan fingerprint density at radius 3 is 2.26 bits per heavy atom. The summed E-state index contributed by atoms with van der Waals surface area (Å²) >= 11 is 0. The smallest absolute Gasteiger partial charge is 0.256 e. The Labute approximate surface area is 142 Å². The van der Waals surface area contributed by atoms with Gasteiger partial charge < -0.3 is 20.1 Å². The van der Waals surface area contributed by atoms with Crippen LogP contribution in [0.2, 0.25) is 0 Å². The first-order chi connectivity index (χ1) is 10.5. The van der Waals surface area contributed by atoms with Crippen LogP contribution >= 0.6 is 12.4 Å². The van der Waals surface area contributed by atoms with Crippen LogP contribution in [0.25, 0.3) is 0 Å². The van der Waals surface area contributed by atoms with Crippen LogP contribution in [-0.2, 0) is 0 Å². The molecule has 1 saturated heterocycles. The van der Waals surface area contributed by atoms with Gasteiger partial charge in [-0.05, 0) is 31.7 Å². The van der Waals surface area contributed by atoms with Crippen LogP contribution in [0.15, 0.2) is 12.1 Å². The zero-order chi connectivity index (χ0) is 16.3. The predicted octanol–water partition coefficient (Wildman–Crippen LogP) is 2.46. The second-order valence-corrected chi connectivity index (χ2v) is 5.68. The molecule has 1 aliphatic rings. The lowest BCUT2D eigenvalue weighted by molar-refractivity contribution is 0.0675. The third kappa shape index (κ3) is 4.26. The number of likely N-dealkylation sites (tertiary alicyclic amines) is 1. The Hall–Kier alpha value is -1.53. The van der Waals surface area contributed by atoms with Crippen molar-refractivity contribution < 1.29 is 18.7 Å². The van der Waals surface area contributed by atoms with E-state index < -0.39 is 5.82 Å². The van der Waals surface area contributed by atoms with Crippen molar-refractivity contribution >= 4 is 18.3 Å². The van der Waals surface area contributed by atoms with Gasteiger partial charge in [0.05, 0.1) is 19.8 Å². The van der Waals surface area contributed by atoms with E-state index in [0.29, 0.717) is 24.8 Å². The highest BCUT2D eigenvalue weighted by Gasteiger charge is 2.27. The molecule has 7 heteroatoms. The van der Waals surface area contributed by atoms with E-state index in [1.807, 2.05) is 6.92 Å². The molecule has 1 unspecified atom stereocenters. The number of amides is 1. The first kappa shape index (κ1) is 19.5. The van der Waals surface area contributed by atoms with Gasteiger partial charge in [-0.25, -0.2) is 4.39 Å². The first-order valence-electron chi connectivity index (χ1n) is 7.44. The van der Waals surface area contributed by atoms with Crippen molar-refractivity contribution in [1.82, 2.24) is 4.90 Å². The van der Waals surface area contributed by atoms with Crippen LogP contribution in [0.3, 0.4) is 0 Å². The number of nitrogens with zero attached hydrogens (tertiary/aromatic N) is 1. The number of hydrogen-bond acceptors (Lipinski definition) is 4. The fraction of sp³-hybridized carbons (Fsp3) is 0.562. The largest absolute Gasteiger partial charge is 0.493 e. The Morgan fingerprint density at radius 2 is 1.78 bits per heavy atom. The standard InChI is InChI=1S/C16H23FN2O3.ClH/c1-10(18)11-4-6-19(7-5-11)16(20)12-8-14(21-2)15(22-3)9-13(12)17;/h8-11H,4-7,18H2,1-3H3;1H. The number of hydrogen-bond donors (Lipinski definition) is 1. The van der Waals surface area contributed by atoms with Gasteiger partial charge in [0.2, 0.25) is 0 Å². The molecule has 1 atom stereocenters. The van der Waals surface area contributed by atoms with Crippen LogP contribution in [0.4, 0.5) is 4.39 Å². The number of halogens is 2. The molecule has 23 heavy (non-hydrogen) atoms. The maximum atomic E-state index is 14.2. The first-order valence-corrected chi connectivity index (χ1v) is 7.44. The number of carbonyl (C=O) groups is 1. The van der Waals surface area contributed by atoms with Crippen LogP contribution < -0.4 is 15.2 Å². The molecule has 5 nitrogen and oxygen atoms in total. The van der Waals surface area contributed by atoms with Crippen LogP contribution in [-0.4, -0.2) is 44.2 Å². The number of rotatable bonds is 4. The average molecular weight is 347 g/mol. The maximum Gasteiger partial charge on any atom is 0.256 e. The van der Waals surface area contributed by atoms with Crippen LogP contribution in [0, 0.1) is 11.7 Å². The fourth-order valence-electron chi connectivity index (χ4n) is 2.82. The van der Waals surface area contributed by atoms with Gasteiger partial charge in [0.15, 0.2) is 11.5 Å². The van der Waals surface area contributed by atoms with Crippen molar-refractivity contribution in [3.05, 3.63) is 23.5 Å². The van der Waals surface area contributed by atoms with Gasteiger partial charge in [0.25, 0.3) is 5.91 Å². The molecule has 1 heterocycles. The average Bonchev–Trinajstić information content (AvgIpc) is 2.53. The van der Waals surface area contributed by atoms with E-state index in [1.54, 1.807) is 4.90 Å². The minimum atomic E-state index is -0.600. The molecule has 0 aliphatic carbocycles. The lowest BCUT2D eigenvalue weighted by Gasteiger charge is -2.33. The summed E-state index contributed by atoms with van der Waals surface area (Å²) in [7, 11) is 2.88. The monoisotopic (exact) mass is 346 g/mol. The highest BCUT2D eigenvalue weighted by molar-refractivity contribution is 5.95. The van der Waals surface area contributed by atoms with E-state index in [1.165, 1.54) is 26.4 Å². The molecule has 1 aliphatic heterocycles. The highest BCUT2D eigenvalue weighted by Crippen LogP contribution is 2.31. The molecule has 1 fully saturated rings. The summed E-state index contributed by atoms with van der Waals surface area (Å²) in [5, 5.41) is 0. The Balaban J connectivity index is 0.00000264. The van der Waals surface area contributed by atoms with Crippen LogP contribution in [0.5, 0.6) is 11.5 Å². The molecule has 2 N–H and O–H groups in total. The van der Waals surface area contributed by atoms with Crippen molar-refractivity contribution in [3.8, 4) is 11.5 Å². The summed E-state index contributed by atoms with van der Waals surface area (Å²) in [5.41, 5.74) is 5.91. The second kappa shape index (κ2) is 8.36. The van der Waals surface area contributed by atoms with Gasteiger partial charge in [-0.2, -0.15) is 0 Å². The number of ether oxygens (including phenoxy) is 2. The maximum absolute atomic E-state index is 14.2.